The number of carbonyl (C=O) groups is 3. The molecular weight excluding hydrogens is 490 g/mol. The summed E-state index contributed by atoms with van der Waals surface area (Å²) in [5.41, 5.74) is 1.40. The van der Waals surface area contributed by atoms with Gasteiger partial charge >= 0.3 is 22.3 Å². The van der Waals surface area contributed by atoms with Crippen LogP contribution in [0.4, 0.5) is 9.59 Å². The number of nitrogens with one attached hydrogen (secondary N) is 2. The minimum atomic E-state index is -3.94. The highest BCUT2D eigenvalue weighted by Gasteiger charge is 2.33. The predicted octanol–water partition coefficient (Wildman–Crippen LogP) is 2.89. The number of hydrogen-bond donors (Lipinski definition) is 3. The lowest BCUT2D eigenvalue weighted by Crippen LogP contribution is -2.51. The second kappa shape index (κ2) is 11.2. The van der Waals surface area contributed by atoms with Crippen LogP contribution >= 0.6 is 12.8 Å². The number of benzene rings is 1. The van der Waals surface area contributed by atoms with Crippen LogP contribution in [0.5, 0.6) is 0 Å². The smallest absolute Gasteiger partial charge is 0.338 e. The van der Waals surface area contributed by atoms with Gasteiger partial charge in [0.05, 0.1) is 6.54 Å². The second-order valence-corrected chi connectivity index (χ2v) is 11.6. The molecule has 1 aromatic carbocycles. The largest absolute Gasteiger partial charge is 0.342 e. The minimum Gasteiger partial charge on any atom is -0.338 e. The van der Waals surface area contributed by atoms with Gasteiger partial charge in [-0.2, -0.15) is 12.7 Å². The first-order chi connectivity index (χ1) is 16.8. The van der Waals surface area contributed by atoms with Crippen molar-refractivity contribution in [3.8, 4) is 0 Å². The molecule has 0 atom stereocenters. The van der Waals surface area contributed by atoms with Gasteiger partial charge in [-0.05, 0) is 49.7 Å². The van der Waals surface area contributed by atoms with E-state index in [1.807, 2.05) is 12.1 Å². The van der Waals surface area contributed by atoms with Gasteiger partial charge in [-0.1, -0.05) is 50.3 Å². The minimum absolute atomic E-state index is 0.0479. The van der Waals surface area contributed by atoms with Gasteiger partial charge in [0.2, 0.25) is 0 Å². The van der Waals surface area contributed by atoms with Crippen molar-refractivity contribution in [2.75, 3.05) is 19.6 Å². The molecule has 4 rings (SSSR count). The van der Waals surface area contributed by atoms with E-state index in [1.54, 1.807) is 12.1 Å². The zero-order valence-corrected chi connectivity index (χ0v) is 21.4. The average Bonchev–Trinajstić information content (AvgIpc) is 3.20. The van der Waals surface area contributed by atoms with E-state index in [1.165, 1.54) is 13.5 Å². The summed E-state index contributed by atoms with van der Waals surface area (Å²) in [4.78, 5) is 38.5. The van der Waals surface area contributed by atoms with Crippen LogP contribution < -0.4 is 10.0 Å². The average molecular weight is 524 g/mol. The molecule has 2 aliphatic heterocycles. The standard InChI is InChI=1S/C23H33N5O5S2/c29-21-20-9-5-4-6-18(20)16-27(21)22(30)24-13-10-17-11-14-26(15-12-17)35(32,33)25-23(31)28(34)19-7-2-1-3-8-19/h4-6,9,17,19,34H,1-3,7-8,10-16H2,(H,24,30)(H,25,31). The molecule has 2 heterocycles. The number of amides is 5. The first kappa shape index (κ1) is 25.8. The van der Waals surface area contributed by atoms with Crippen molar-refractivity contribution in [3.63, 3.8) is 0 Å². The van der Waals surface area contributed by atoms with Crippen LogP contribution in [-0.4, -0.2) is 65.6 Å². The summed E-state index contributed by atoms with van der Waals surface area (Å²) in [7, 11) is -3.94. The number of rotatable bonds is 6. The Labute approximate surface area is 212 Å². The third-order valence-electron chi connectivity index (χ3n) is 7.15. The summed E-state index contributed by atoms with van der Waals surface area (Å²) in [5.74, 6) is -0.0468. The second-order valence-electron chi connectivity index (χ2n) is 9.46. The quantitative estimate of drug-likeness (QED) is 0.496. The maximum Gasteiger partial charge on any atom is 0.342 e. The molecule has 0 radical (unpaired) electrons. The zero-order chi connectivity index (χ0) is 25.0. The highest BCUT2D eigenvalue weighted by atomic mass is 32.2. The van der Waals surface area contributed by atoms with Crippen molar-refractivity contribution < 1.29 is 22.8 Å². The molecule has 2 N–H and O–H groups in total. The molecule has 1 aliphatic carbocycles. The highest BCUT2D eigenvalue weighted by molar-refractivity contribution is 7.87. The molecule has 5 amide bonds. The summed E-state index contributed by atoms with van der Waals surface area (Å²) < 4.78 is 30.1. The van der Waals surface area contributed by atoms with E-state index in [0.29, 0.717) is 44.5 Å². The Morgan fingerprint density at radius 3 is 2.43 bits per heavy atom. The molecule has 10 nitrogen and oxygen atoms in total. The van der Waals surface area contributed by atoms with Crippen molar-refractivity contribution in [2.24, 2.45) is 5.92 Å². The number of carbonyl (C=O) groups excluding carboxylic acids is 3. The van der Waals surface area contributed by atoms with Crippen molar-refractivity contribution in [3.05, 3.63) is 35.4 Å². The van der Waals surface area contributed by atoms with Gasteiger partial charge in [-0.15, -0.1) is 0 Å². The van der Waals surface area contributed by atoms with Gasteiger partial charge in [0.25, 0.3) is 5.91 Å². The molecular formula is C23H33N5O5S2. The van der Waals surface area contributed by atoms with Crippen LogP contribution in [0.2, 0.25) is 0 Å². The normalized spacial score (nSPS) is 19.9. The zero-order valence-electron chi connectivity index (χ0n) is 19.7. The summed E-state index contributed by atoms with van der Waals surface area (Å²) >= 11 is 4.24. The van der Waals surface area contributed by atoms with E-state index in [-0.39, 0.29) is 24.4 Å². The van der Waals surface area contributed by atoms with Gasteiger partial charge < -0.3 is 5.32 Å². The van der Waals surface area contributed by atoms with Crippen LogP contribution in [0.25, 0.3) is 0 Å². The van der Waals surface area contributed by atoms with E-state index >= 15 is 0 Å². The molecule has 192 valence electrons. The topological polar surface area (TPSA) is 119 Å². The molecule has 3 aliphatic rings. The molecule has 12 heteroatoms. The van der Waals surface area contributed by atoms with E-state index < -0.39 is 22.3 Å². The third-order valence-corrected chi connectivity index (χ3v) is 9.14. The molecule has 1 saturated heterocycles. The van der Waals surface area contributed by atoms with E-state index in [9.17, 15) is 22.8 Å². The summed E-state index contributed by atoms with van der Waals surface area (Å²) in [5, 5.41) is 2.81. The van der Waals surface area contributed by atoms with E-state index in [2.05, 4.69) is 22.9 Å². The SMILES string of the molecule is O=C(NCCC1CCN(S(=O)(=O)NC(=O)N(S)C2CCCCC2)CC1)N1Cc2ccccc2C1=O. The fourth-order valence-electron chi connectivity index (χ4n) is 5.05. The first-order valence-electron chi connectivity index (χ1n) is 12.2. The van der Waals surface area contributed by atoms with Gasteiger partial charge in [-0.3, -0.25) is 14.0 Å². The van der Waals surface area contributed by atoms with E-state index in [4.69, 9.17) is 0 Å². The Hall–Kier alpha value is -2.31. The lowest BCUT2D eigenvalue weighted by atomic mass is 9.95. The fourth-order valence-corrected chi connectivity index (χ4v) is 6.54. The van der Waals surface area contributed by atoms with E-state index in [0.717, 1.165) is 37.7 Å². The Morgan fingerprint density at radius 2 is 1.74 bits per heavy atom. The Balaban J connectivity index is 1.18. The third kappa shape index (κ3) is 6.10. The fraction of sp³-hybridized carbons (Fsp3) is 0.609. The summed E-state index contributed by atoms with van der Waals surface area (Å²) in [6.07, 6.45) is 6.76. The number of nitrogens with zero attached hydrogens (tertiary/aromatic N) is 3. The van der Waals surface area contributed by atoms with Crippen LogP contribution in [0.3, 0.4) is 0 Å². The van der Waals surface area contributed by atoms with Crippen LogP contribution in [0.1, 0.15) is 67.3 Å². The summed E-state index contributed by atoms with van der Waals surface area (Å²) in [6, 6.07) is 6.02. The van der Waals surface area contributed by atoms with Gasteiger partial charge in [-0.25, -0.2) is 14.3 Å². The molecule has 0 unspecified atom stereocenters. The lowest BCUT2D eigenvalue weighted by molar-refractivity contribution is 0.0820. The molecule has 0 spiro atoms. The van der Waals surface area contributed by atoms with Crippen LogP contribution in [0, 0.1) is 5.92 Å². The molecule has 2 fully saturated rings. The van der Waals surface area contributed by atoms with Crippen molar-refractivity contribution in [1.29, 1.82) is 0 Å². The number of piperidine rings is 1. The predicted molar refractivity (Wildman–Crippen MR) is 134 cm³/mol. The van der Waals surface area contributed by atoms with Crippen LogP contribution in [0.15, 0.2) is 24.3 Å². The van der Waals surface area contributed by atoms with Crippen LogP contribution in [-0.2, 0) is 16.8 Å². The first-order valence-corrected chi connectivity index (χ1v) is 14.1. The Kier molecular flexibility index (Phi) is 8.23. The maximum atomic E-state index is 12.7. The number of imide groups is 1. The number of fused-ring (bicyclic) bond motifs is 1. The van der Waals surface area contributed by atoms with Gasteiger partial charge in [0.1, 0.15) is 0 Å². The number of thiol groups is 1. The van der Waals surface area contributed by atoms with Gasteiger partial charge in [0, 0.05) is 31.2 Å². The lowest BCUT2D eigenvalue weighted by Gasteiger charge is -2.33. The van der Waals surface area contributed by atoms with Crippen molar-refractivity contribution in [2.45, 2.75) is 64.0 Å². The molecule has 1 aromatic rings. The maximum absolute atomic E-state index is 12.7. The van der Waals surface area contributed by atoms with Gasteiger partial charge in [0.15, 0.2) is 0 Å². The highest BCUT2D eigenvalue weighted by Crippen LogP contribution is 2.25. The number of hydrogen-bond acceptors (Lipinski definition) is 6. The monoisotopic (exact) mass is 523 g/mol. The molecule has 0 bridgehead atoms. The molecule has 0 aromatic heterocycles. The number of urea groups is 2. The Bertz CT molecular complexity index is 1050. The van der Waals surface area contributed by atoms with Crippen molar-refractivity contribution >= 4 is 41.0 Å². The van der Waals surface area contributed by atoms with Crippen molar-refractivity contribution in [1.82, 2.24) is 23.5 Å². The molecule has 1 saturated carbocycles. The summed E-state index contributed by atoms with van der Waals surface area (Å²) in [6.45, 7) is 1.28. The Morgan fingerprint density at radius 1 is 1.06 bits per heavy atom. The molecule has 35 heavy (non-hydrogen) atoms.